The quantitative estimate of drug-likeness (QED) is 0.0357. The van der Waals surface area contributed by atoms with Crippen LogP contribution in [0.2, 0.25) is 0 Å². The van der Waals surface area contributed by atoms with E-state index in [9.17, 15) is 26.3 Å². The number of hydrogen-bond acceptors (Lipinski definition) is 18. The van der Waals surface area contributed by atoms with Gasteiger partial charge in [0.15, 0.2) is 68.0 Å². The minimum absolute atomic E-state index is 0.289. The molecule has 10 aromatic rings. The van der Waals surface area contributed by atoms with Crippen molar-refractivity contribution in [1.82, 2.24) is 0 Å². The molecule has 0 bridgehead atoms. The van der Waals surface area contributed by atoms with Crippen LogP contribution >= 0.6 is 0 Å². The Morgan fingerprint density at radius 3 is 0.698 bits per heavy atom. The summed E-state index contributed by atoms with van der Waals surface area (Å²) in [5.41, 5.74) is -2.66. The highest BCUT2D eigenvalue weighted by Gasteiger charge is 2.37. The summed E-state index contributed by atoms with van der Waals surface area (Å²) in [4.78, 5) is 0. The maximum absolute atomic E-state index is 10.7. The molecule has 1 aliphatic heterocycles. The SMILES string of the molecule is O=S(=O)([O-])C(F)(F)F.O=S(=O)([O-])C(F)(F)F.c1ccc(-c2cc[n+](CC[n+]3ccc(-c4ccccc4)cc3)cc2)cc1.c1ccc(OCc2cc3c(cc2COc2ccccc2)OCCOCCOCCOc2cc(COc4ccccc4)c(COc4ccccc4)cc2OCCOCCOCCO3)cc1. The van der Waals surface area contributed by atoms with Gasteiger partial charge >= 0.3 is 11.0 Å². The van der Waals surface area contributed by atoms with Gasteiger partial charge in [-0.2, -0.15) is 35.5 Å². The Hall–Kier alpha value is -10.3. The second-order valence-electron chi connectivity index (χ2n) is 22.6. The first-order valence-corrected chi connectivity index (χ1v) is 36.0. The summed E-state index contributed by atoms with van der Waals surface area (Å²) in [6.45, 7) is 7.14. The van der Waals surface area contributed by atoms with Crippen molar-refractivity contribution in [1.29, 1.82) is 0 Å². The molecule has 562 valence electrons. The molecular weight excluding hydrogens is 1430 g/mol. The highest BCUT2D eigenvalue weighted by atomic mass is 32.2. The van der Waals surface area contributed by atoms with Crippen LogP contribution in [0.5, 0.6) is 46.0 Å². The molecule has 0 amide bonds. The van der Waals surface area contributed by atoms with E-state index in [1.54, 1.807) is 0 Å². The molecule has 8 aromatic carbocycles. The Bertz CT molecular complexity index is 3960. The van der Waals surface area contributed by atoms with Crippen LogP contribution in [0.25, 0.3) is 22.3 Å². The van der Waals surface area contributed by atoms with Crippen molar-refractivity contribution in [3.8, 4) is 68.2 Å². The van der Waals surface area contributed by atoms with Gasteiger partial charge in [0.1, 0.15) is 75.9 Å². The van der Waals surface area contributed by atoms with E-state index in [-0.39, 0.29) is 26.4 Å². The summed E-state index contributed by atoms with van der Waals surface area (Å²) >= 11 is 0. The number of benzene rings is 8. The summed E-state index contributed by atoms with van der Waals surface area (Å²) in [6, 6.07) is 76.2. The van der Waals surface area contributed by atoms with E-state index >= 15 is 0 Å². The van der Waals surface area contributed by atoms with Gasteiger partial charge in [0, 0.05) is 24.3 Å². The summed E-state index contributed by atoms with van der Waals surface area (Å²) in [5.74, 6) is 5.30. The molecule has 0 aliphatic carbocycles. The fourth-order valence-electron chi connectivity index (χ4n) is 9.56. The summed E-state index contributed by atoms with van der Waals surface area (Å²) in [7, 11) is -12.2. The van der Waals surface area contributed by atoms with Crippen molar-refractivity contribution in [2.75, 3.05) is 79.3 Å². The molecular formula is C78H78F6N2O18S2. The lowest BCUT2D eigenvalue weighted by Gasteiger charge is -2.19. The molecule has 0 unspecified atom stereocenters. The maximum Gasteiger partial charge on any atom is 0.485 e. The molecule has 0 radical (unpaired) electrons. The molecule has 0 fully saturated rings. The third kappa shape index (κ3) is 29.0. The Balaban J connectivity index is 0.000000273. The highest BCUT2D eigenvalue weighted by molar-refractivity contribution is 7.86. The zero-order chi connectivity index (χ0) is 75.3. The van der Waals surface area contributed by atoms with E-state index in [4.69, 9.17) is 82.8 Å². The molecule has 0 N–H and O–H groups in total. The van der Waals surface area contributed by atoms with Gasteiger partial charge in [0.2, 0.25) is 13.1 Å². The monoisotopic (exact) mass is 1510 g/mol. The zero-order valence-corrected chi connectivity index (χ0v) is 58.9. The van der Waals surface area contributed by atoms with Crippen LogP contribution < -0.4 is 47.0 Å². The van der Waals surface area contributed by atoms with Crippen LogP contribution in [0, 0.1) is 0 Å². The minimum atomic E-state index is -6.09. The zero-order valence-electron chi connectivity index (χ0n) is 57.3. The molecule has 28 heteroatoms. The lowest BCUT2D eigenvalue weighted by atomic mass is 10.1. The van der Waals surface area contributed by atoms with Crippen molar-refractivity contribution in [2.45, 2.75) is 50.5 Å². The third-order valence-corrected chi connectivity index (χ3v) is 16.1. The Morgan fingerprint density at radius 2 is 0.491 bits per heavy atom. The second-order valence-corrected chi connectivity index (χ2v) is 25.3. The number of alkyl halides is 6. The van der Waals surface area contributed by atoms with Crippen molar-refractivity contribution in [3.63, 3.8) is 0 Å². The van der Waals surface area contributed by atoms with Crippen LogP contribution in [0.3, 0.4) is 0 Å². The number of fused-ring (bicyclic) bond motifs is 2. The number of pyridine rings is 2. The molecule has 20 nitrogen and oxygen atoms in total. The molecule has 2 aromatic heterocycles. The maximum atomic E-state index is 10.7. The highest BCUT2D eigenvalue weighted by Crippen LogP contribution is 2.35. The molecule has 11 rings (SSSR count). The molecule has 0 saturated heterocycles. The van der Waals surface area contributed by atoms with Gasteiger partial charge in [0.25, 0.3) is 0 Å². The number of aryl methyl sites for hydroxylation is 2. The van der Waals surface area contributed by atoms with E-state index < -0.39 is 31.3 Å². The van der Waals surface area contributed by atoms with Crippen molar-refractivity contribution >= 4 is 20.2 Å². The number of nitrogens with zero attached hydrogens (tertiary/aromatic N) is 2. The molecule has 3 heterocycles. The van der Waals surface area contributed by atoms with Gasteiger partial charge < -0.3 is 65.9 Å². The fraction of sp³-hybridized carbons (Fsp3) is 0.256. The van der Waals surface area contributed by atoms with E-state index in [0.717, 1.165) is 58.3 Å². The first-order chi connectivity index (χ1) is 51.1. The van der Waals surface area contributed by atoms with Gasteiger partial charge in [-0.05, 0) is 117 Å². The van der Waals surface area contributed by atoms with Crippen molar-refractivity contribution in [3.05, 3.63) is 278 Å². The number of rotatable bonds is 17. The predicted octanol–water partition coefficient (Wildman–Crippen LogP) is 13.7. The van der Waals surface area contributed by atoms with E-state index in [1.807, 2.05) is 158 Å². The number of aromatic nitrogens is 2. The Labute approximate surface area is 611 Å². The first kappa shape index (κ1) is 81.4. The summed E-state index contributed by atoms with van der Waals surface area (Å²) < 4.78 is 196. The fourth-order valence-corrected chi connectivity index (χ4v) is 9.56. The smallest absolute Gasteiger partial charge is 0.485 e. The number of ether oxygens (including phenoxy) is 12. The second kappa shape index (κ2) is 42.6. The number of para-hydroxylation sites is 4. The predicted molar refractivity (Wildman–Crippen MR) is 377 cm³/mol. The summed E-state index contributed by atoms with van der Waals surface area (Å²) in [6.07, 6.45) is 8.62. The average Bonchev–Trinajstić information content (AvgIpc) is 0.831. The van der Waals surface area contributed by atoms with Crippen LogP contribution in [0.1, 0.15) is 22.3 Å². The lowest BCUT2D eigenvalue weighted by molar-refractivity contribution is -0.778. The molecule has 0 spiro atoms. The van der Waals surface area contributed by atoms with Gasteiger partial charge in [0.05, 0.1) is 52.9 Å². The topological polar surface area (TPSA) is 233 Å². The first-order valence-electron chi connectivity index (χ1n) is 33.1. The largest absolute Gasteiger partial charge is 0.741 e. The van der Waals surface area contributed by atoms with Gasteiger partial charge in [-0.25, -0.2) is 16.8 Å². The van der Waals surface area contributed by atoms with Crippen LogP contribution in [-0.2, 0) is 78.7 Å². The third-order valence-electron chi connectivity index (χ3n) is 14.9. The summed E-state index contributed by atoms with van der Waals surface area (Å²) in [5, 5.41) is 0. The lowest BCUT2D eigenvalue weighted by Crippen LogP contribution is -2.43. The Morgan fingerprint density at radius 1 is 0.302 bits per heavy atom. The standard InChI is InChI=1S/C52H56O12.C24H22N2.2CHF3O3S/c1-5-13-45(14-6-1)61-37-41-33-49-50(34-42(41)38-62-46-15-7-2-8-16-46)58-30-26-54-23-24-56-28-32-60-52-36-44(40-64-48-19-11-4-12-20-48)43(39-63-47-17-9-3-10-18-47)35-51(52)59-31-27-55-22-21-53-25-29-57-49;1-3-7-21(8-4-1)23-11-15-25(16-12-23)19-20-26-17-13-24(14-18-26)22-9-5-2-6-10-22;2*2-1(3,4)8(5,6)7/h1-20,33-36H,21-32,37-40H2;1-18H,19-20H2;2*(H,5,6,7)/q;+2;;/p-2. The molecule has 1 aliphatic rings. The molecule has 0 saturated carbocycles. The van der Waals surface area contributed by atoms with Crippen molar-refractivity contribution in [2.24, 2.45) is 0 Å². The van der Waals surface area contributed by atoms with Gasteiger partial charge in [-0.1, -0.05) is 133 Å². The normalized spacial score (nSPS) is 13.5. The van der Waals surface area contributed by atoms with Crippen LogP contribution in [0.4, 0.5) is 26.3 Å². The van der Waals surface area contributed by atoms with E-state index in [2.05, 4.69) is 107 Å². The van der Waals surface area contributed by atoms with E-state index in [0.29, 0.717) is 102 Å². The molecule has 106 heavy (non-hydrogen) atoms. The van der Waals surface area contributed by atoms with Gasteiger partial charge in [-0.15, -0.1) is 0 Å². The van der Waals surface area contributed by atoms with E-state index in [1.165, 1.54) is 22.3 Å². The van der Waals surface area contributed by atoms with Gasteiger partial charge in [-0.3, -0.25) is 0 Å². The van der Waals surface area contributed by atoms with Crippen LogP contribution in [-0.4, -0.2) is 116 Å². The minimum Gasteiger partial charge on any atom is -0.741 e. The van der Waals surface area contributed by atoms with Crippen molar-refractivity contribution < 1.29 is 118 Å². The number of hydrogen-bond donors (Lipinski definition) is 0. The van der Waals surface area contributed by atoms with Crippen LogP contribution in [0.15, 0.2) is 255 Å². The Kier molecular flexibility index (Phi) is 32.7. The average molecular weight is 1510 g/mol. The molecule has 0 atom stereocenters. The number of halogens is 6.